The second kappa shape index (κ2) is 6.49. The lowest BCUT2D eigenvalue weighted by molar-refractivity contribution is 0.0291. The van der Waals surface area contributed by atoms with Crippen LogP contribution in [0.15, 0.2) is 47.8 Å². The number of alkyl halides is 2. The number of carbonyl (C=O) groups excluding carboxylic acids is 1. The zero-order valence-corrected chi connectivity index (χ0v) is 13.9. The Hall–Kier alpha value is -3.24. The molecule has 10 heteroatoms. The van der Waals surface area contributed by atoms with E-state index in [0.717, 1.165) is 23.1 Å². The lowest BCUT2D eigenvalue weighted by atomic mass is 10.2. The fraction of sp³-hybridized carbons (Fsp3) is 0.176. The zero-order chi connectivity index (χ0) is 19.1. The molecule has 2 heterocycles. The van der Waals surface area contributed by atoms with Gasteiger partial charge < -0.3 is 10.6 Å². The minimum absolute atomic E-state index is 0.0469. The lowest BCUT2D eigenvalue weighted by Gasteiger charge is -2.20. The first-order valence-corrected chi connectivity index (χ1v) is 8.10. The van der Waals surface area contributed by atoms with Crippen LogP contribution in [0.2, 0.25) is 0 Å². The number of allylic oxidation sites excluding steroid dienone is 3. The highest BCUT2D eigenvalue weighted by Gasteiger charge is 2.30. The lowest BCUT2D eigenvalue weighted by Crippen LogP contribution is -2.20. The van der Waals surface area contributed by atoms with Crippen molar-refractivity contribution in [2.45, 2.75) is 19.3 Å². The zero-order valence-electron chi connectivity index (χ0n) is 13.9. The molecule has 1 fully saturated rings. The molecule has 140 valence electrons. The van der Waals surface area contributed by atoms with E-state index in [-0.39, 0.29) is 28.0 Å². The number of hydrogen-bond donors (Lipinski definition) is 4. The standard InChI is InChI=1S/C17H15F2N5O3/c18-15(19)14-7-13(9-1-2-9)22-16-12(8-20-23(14)16)17(25)21-10-3-5-11(6-4-10)24(26)27/h3-8,15,22,26-27H,1-2H2,(H,21,25). The quantitative estimate of drug-likeness (QED) is 0.612. The van der Waals surface area contributed by atoms with Gasteiger partial charge in [-0.2, -0.15) is 5.10 Å². The second-order valence-corrected chi connectivity index (χ2v) is 6.12. The van der Waals surface area contributed by atoms with Crippen molar-refractivity contribution in [1.82, 2.24) is 9.78 Å². The first kappa shape index (κ1) is 17.2. The summed E-state index contributed by atoms with van der Waals surface area (Å²) in [7, 11) is 0. The van der Waals surface area contributed by atoms with Gasteiger partial charge in [0.15, 0.2) is 0 Å². The highest BCUT2D eigenvalue weighted by molar-refractivity contribution is 6.08. The number of fused-ring (bicyclic) bond motifs is 1. The molecule has 1 saturated carbocycles. The van der Waals surface area contributed by atoms with Crippen molar-refractivity contribution in [3.63, 3.8) is 0 Å². The van der Waals surface area contributed by atoms with Crippen molar-refractivity contribution >= 4 is 28.8 Å². The number of anilines is 3. The molecule has 0 atom stereocenters. The van der Waals surface area contributed by atoms with Crippen LogP contribution >= 0.6 is 0 Å². The molecule has 27 heavy (non-hydrogen) atoms. The topological polar surface area (TPSA) is 103 Å². The number of amides is 1. The number of carbonyl (C=O) groups is 1. The van der Waals surface area contributed by atoms with E-state index in [1.165, 1.54) is 36.5 Å². The van der Waals surface area contributed by atoms with Gasteiger partial charge >= 0.3 is 0 Å². The van der Waals surface area contributed by atoms with E-state index in [9.17, 15) is 13.6 Å². The molecule has 1 aromatic heterocycles. The van der Waals surface area contributed by atoms with Crippen LogP contribution in [0.4, 0.5) is 26.0 Å². The average molecular weight is 375 g/mol. The Labute approximate surface area is 151 Å². The number of hydrogen-bond acceptors (Lipinski definition) is 6. The molecule has 0 bridgehead atoms. The molecule has 1 aromatic carbocycles. The number of nitrogens with one attached hydrogen (secondary N) is 2. The molecular formula is C17H15F2N5O3. The van der Waals surface area contributed by atoms with Crippen molar-refractivity contribution in [2.24, 2.45) is 0 Å². The van der Waals surface area contributed by atoms with Crippen molar-refractivity contribution in [3.05, 3.63) is 53.4 Å². The smallest absolute Gasteiger partial charge is 0.280 e. The molecule has 0 saturated heterocycles. The molecule has 1 amide bonds. The summed E-state index contributed by atoms with van der Waals surface area (Å²) in [6.45, 7) is 0. The van der Waals surface area contributed by atoms with Crippen molar-refractivity contribution < 1.29 is 24.0 Å². The third-order valence-corrected chi connectivity index (χ3v) is 4.26. The molecule has 2 aromatic rings. The summed E-state index contributed by atoms with van der Waals surface area (Å²) in [6.07, 6.45) is 1.53. The first-order chi connectivity index (χ1) is 12.9. The van der Waals surface area contributed by atoms with Crippen LogP contribution in [0.25, 0.3) is 5.70 Å². The third-order valence-electron chi connectivity index (χ3n) is 4.26. The van der Waals surface area contributed by atoms with Gasteiger partial charge in [-0.25, -0.2) is 13.5 Å². The Balaban J connectivity index is 1.61. The third kappa shape index (κ3) is 3.27. The van der Waals surface area contributed by atoms with Crippen LogP contribution in [0.3, 0.4) is 0 Å². The van der Waals surface area contributed by atoms with Gasteiger partial charge in [0.2, 0.25) is 0 Å². The van der Waals surface area contributed by atoms with E-state index in [1.807, 2.05) is 0 Å². The summed E-state index contributed by atoms with van der Waals surface area (Å²) >= 11 is 0. The van der Waals surface area contributed by atoms with E-state index < -0.39 is 12.3 Å². The molecule has 0 unspecified atom stereocenters. The number of halogens is 2. The molecule has 0 radical (unpaired) electrons. The number of benzene rings is 1. The van der Waals surface area contributed by atoms with E-state index in [4.69, 9.17) is 10.4 Å². The maximum atomic E-state index is 13.4. The van der Waals surface area contributed by atoms with E-state index in [0.29, 0.717) is 11.4 Å². The molecule has 1 aliphatic heterocycles. The Kier molecular flexibility index (Phi) is 4.13. The predicted molar refractivity (Wildman–Crippen MR) is 92.8 cm³/mol. The van der Waals surface area contributed by atoms with Crippen LogP contribution in [0, 0.1) is 0 Å². The van der Waals surface area contributed by atoms with Gasteiger partial charge in [-0.1, -0.05) is 0 Å². The van der Waals surface area contributed by atoms with Crippen LogP contribution < -0.4 is 15.9 Å². The van der Waals surface area contributed by atoms with Crippen molar-refractivity contribution in [1.29, 1.82) is 0 Å². The SMILES string of the molecule is O=C(Nc1ccc(N(O)O)cc1)c1cnn2c1NC(=C1CC1)C=C2C(F)F. The molecule has 4 rings (SSSR count). The van der Waals surface area contributed by atoms with Gasteiger partial charge in [-0.15, -0.1) is 5.23 Å². The van der Waals surface area contributed by atoms with Gasteiger partial charge in [-0.05, 0) is 48.8 Å². The van der Waals surface area contributed by atoms with Crippen LogP contribution in [0.5, 0.6) is 0 Å². The Morgan fingerprint density at radius 2 is 1.96 bits per heavy atom. The predicted octanol–water partition coefficient (Wildman–Crippen LogP) is 3.30. The largest absolute Gasteiger partial charge is 0.339 e. The first-order valence-electron chi connectivity index (χ1n) is 8.10. The molecule has 8 nitrogen and oxygen atoms in total. The highest BCUT2D eigenvalue weighted by Crippen LogP contribution is 2.38. The van der Waals surface area contributed by atoms with E-state index >= 15 is 0 Å². The van der Waals surface area contributed by atoms with Crippen molar-refractivity contribution in [2.75, 3.05) is 15.9 Å². The Bertz CT molecular complexity index is 957. The summed E-state index contributed by atoms with van der Waals surface area (Å²) < 4.78 is 27.8. The van der Waals surface area contributed by atoms with Gasteiger partial charge in [-0.3, -0.25) is 15.2 Å². The summed E-state index contributed by atoms with van der Waals surface area (Å²) in [5.41, 5.74) is 1.96. The summed E-state index contributed by atoms with van der Waals surface area (Å²) in [6, 6.07) is 5.71. The van der Waals surface area contributed by atoms with Crippen LogP contribution in [-0.2, 0) is 0 Å². The minimum Gasteiger partial charge on any atom is -0.339 e. The maximum Gasteiger partial charge on any atom is 0.280 e. The molecular weight excluding hydrogens is 360 g/mol. The summed E-state index contributed by atoms with van der Waals surface area (Å²) in [5.74, 6) is -0.342. The highest BCUT2D eigenvalue weighted by atomic mass is 19.3. The normalized spacial score (nSPS) is 15.2. The second-order valence-electron chi connectivity index (χ2n) is 6.12. The van der Waals surface area contributed by atoms with E-state index in [1.54, 1.807) is 0 Å². The fourth-order valence-electron chi connectivity index (χ4n) is 2.76. The van der Waals surface area contributed by atoms with Gasteiger partial charge in [0.1, 0.15) is 17.1 Å². The van der Waals surface area contributed by atoms with Crippen molar-refractivity contribution in [3.8, 4) is 0 Å². The molecule has 1 aliphatic carbocycles. The number of aromatic nitrogens is 2. The minimum atomic E-state index is -2.73. The summed E-state index contributed by atoms with van der Waals surface area (Å²) in [5, 5.41) is 27.4. The molecule has 4 N–H and O–H groups in total. The van der Waals surface area contributed by atoms with Crippen LogP contribution in [-0.4, -0.2) is 32.5 Å². The average Bonchev–Trinajstić information content (AvgIpc) is 3.40. The van der Waals surface area contributed by atoms with Gasteiger partial charge in [0, 0.05) is 11.4 Å². The number of rotatable bonds is 4. The fourth-order valence-corrected chi connectivity index (χ4v) is 2.76. The van der Waals surface area contributed by atoms with Crippen LogP contribution in [0.1, 0.15) is 23.2 Å². The molecule has 2 aliphatic rings. The Morgan fingerprint density at radius 1 is 1.26 bits per heavy atom. The Morgan fingerprint density at radius 3 is 2.56 bits per heavy atom. The van der Waals surface area contributed by atoms with Gasteiger partial charge in [0.05, 0.1) is 11.9 Å². The monoisotopic (exact) mass is 375 g/mol. The maximum absolute atomic E-state index is 13.4. The summed E-state index contributed by atoms with van der Waals surface area (Å²) in [4.78, 5) is 12.6. The van der Waals surface area contributed by atoms with Gasteiger partial charge in [0.25, 0.3) is 12.3 Å². The number of nitrogens with zero attached hydrogens (tertiary/aromatic N) is 3. The van der Waals surface area contributed by atoms with E-state index in [2.05, 4.69) is 15.7 Å². The molecule has 0 spiro atoms.